The Labute approximate surface area is 176 Å². The molecule has 0 nitrogen and oxygen atoms in total. The number of hydrogen-bond acceptors (Lipinski definition) is 0. The van der Waals surface area contributed by atoms with Crippen LogP contribution in [0.25, 0.3) is 54.6 Å². The van der Waals surface area contributed by atoms with E-state index in [9.17, 15) is 0 Å². The van der Waals surface area contributed by atoms with E-state index in [1.165, 1.54) is 54.6 Å². The van der Waals surface area contributed by atoms with Gasteiger partial charge in [0.2, 0.25) is 0 Å². The molecule has 0 bridgehead atoms. The number of rotatable bonds is 2. The third kappa shape index (κ3) is 2.62. The van der Waals surface area contributed by atoms with Crippen molar-refractivity contribution in [3.63, 3.8) is 0 Å². The van der Waals surface area contributed by atoms with Crippen molar-refractivity contribution in [2.24, 2.45) is 0 Å². The van der Waals surface area contributed by atoms with Gasteiger partial charge in [0.15, 0.2) is 0 Å². The van der Waals surface area contributed by atoms with Gasteiger partial charge in [0.1, 0.15) is 0 Å². The van der Waals surface area contributed by atoms with Gasteiger partial charge in [-0.3, -0.25) is 0 Å². The topological polar surface area (TPSA) is 0 Å². The van der Waals surface area contributed by atoms with Crippen LogP contribution in [0.15, 0.2) is 121 Å². The standard InChI is InChI=1S/C30H20/c1-2-11-23(12-3-1)30-25-14-7-5-10-22(25)18-20-29(30)27-16-8-15-26-24-13-6-4-9-21(24)17-19-28(26)27/h1-20H. The third-order valence-electron chi connectivity index (χ3n) is 6.07. The normalized spacial score (nSPS) is 11.3. The minimum Gasteiger partial charge on any atom is -0.0622 e. The molecule has 0 spiro atoms. The Morgan fingerprint density at radius 2 is 0.933 bits per heavy atom. The first-order chi connectivity index (χ1) is 14.9. The second-order valence-corrected chi connectivity index (χ2v) is 7.76. The molecule has 0 aliphatic carbocycles. The Balaban J connectivity index is 1.74. The zero-order valence-corrected chi connectivity index (χ0v) is 16.5. The van der Waals surface area contributed by atoms with E-state index in [1.807, 2.05) is 0 Å². The molecule has 0 aromatic heterocycles. The first kappa shape index (κ1) is 17.0. The maximum atomic E-state index is 2.29. The SMILES string of the molecule is c1ccc(-c2c(-c3cccc4c3ccc3ccccc34)ccc3ccccc23)cc1. The van der Waals surface area contributed by atoms with Gasteiger partial charge in [-0.05, 0) is 54.6 Å². The lowest BCUT2D eigenvalue weighted by Crippen LogP contribution is -1.89. The lowest BCUT2D eigenvalue weighted by Gasteiger charge is -2.16. The monoisotopic (exact) mass is 380 g/mol. The van der Waals surface area contributed by atoms with Crippen LogP contribution >= 0.6 is 0 Å². The third-order valence-corrected chi connectivity index (χ3v) is 6.07. The van der Waals surface area contributed by atoms with Crippen LogP contribution in [-0.2, 0) is 0 Å². The lowest BCUT2D eigenvalue weighted by molar-refractivity contribution is 1.63. The molecule has 0 heteroatoms. The summed E-state index contributed by atoms with van der Waals surface area (Å²) in [6, 6.07) is 43.8. The van der Waals surface area contributed by atoms with Crippen LogP contribution in [0.2, 0.25) is 0 Å². The highest BCUT2D eigenvalue weighted by Gasteiger charge is 2.14. The van der Waals surface area contributed by atoms with Crippen LogP contribution in [0.3, 0.4) is 0 Å². The molecular weight excluding hydrogens is 360 g/mol. The van der Waals surface area contributed by atoms with Crippen molar-refractivity contribution in [1.82, 2.24) is 0 Å². The fourth-order valence-corrected chi connectivity index (χ4v) is 4.69. The van der Waals surface area contributed by atoms with Crippen molar-refractivity contribution in [2.75, 3.05) is 0 Å². The zero-order valence-electron chi connectivity index (χ0n) is 16.5. The van der Waals surface area contributed by atoms with Crippen LogP contribution < -0.4 is 0 Å². The largest absolute Gasteiger partial charge is 0.0622 e. The van der Waals surface area contributed by atoms with Crippen LogP contribution in [0.4, 0.5) is 0 Å². The summed E-state index contributed by atoms with van der Waals surface area (Å²) in [5.74, 6) is 0. The molecule has 0 unspecified atom stereocenters. The molecule has 6 aromatic carbocycles. The minimum absolute atomic E-state index is 1.25. The fraction of sp³-hybridized carbons (Fsp3) is 0. The maximum absolute atomic E-state index is 2.29. The molecule has 0 saturated carbocycles. The van der Waals surface area contributed by atoms with E-state index >= 15 is 0 Å². The van der Waals surface area contributed by atoms with E-state index in [-0.39, 0.29) is 0 Å². The number of hydrogen-bond donors (Lipinski definition) is 0. The first-order valence-electron chi connectivity index (χ1n) is 10.4. The van der Waals surface area contributed by atoms with E-state index in [1.54, 1.807) is 0 Å². The highest BCUT2D eigenvalue weighted by Crippen LogP contribution is 2.41. The van der Waals surface area contributed by atoms with Gasteiger partial charge < -0.3 is 0 Å². The number of fused-ring (bicyclic) bond motifs is 4. The first-order valence-corrected chi connectivity index (χ1v) is 10.4. The smallest absolute Gasteiger partial charge is 0.00266 e. The van der Waals surface area contributed by atoms with Crippen molar-refractivity contribution < 1.29 is 0 Å². The van der Waals surface area contributed by atoms with Gasteiger partial charge in [0.05, 0.1) is 0 Å². The Morgan fingerprint density at radius 3 is 1.77 bits per heavy atom. The molecule has 0 saturated heterocycles. The van der Waals surface area contributed by atoms with Gasteiger partial charge in [-0.1, -0.05) is 121 Å². The fourth-order valence-electron chi connectivity index (χ4n) is 4.69. The van der Waals surface area contributed by atoms with Crippen molar-refractivity contribution in [3.05, 3.63) is 121 Å². The Hall–Kier alpha value is -3.90. The molecule has 0 atom stereocenters. The summed E-state index contributed by atoms with van der Waals surface area (Å²) >= 11 is 0. The maximum Gasteiger partial charge on any atom is -0.00266 e. The van der Waals surface area contributed by atoms with Crippen molar-refractivity contribution in [3.8, 4) is 22.3 Å². The molecule has 30 heavy (non-hydrogen) atoms. The Kier molecular flexibility index (Phi) is 3.89. The highest BCUT2D eigenvalue weighted by atomic mass is 14.2. The molecule has 0 aliphatic rings. The van der Waals surface area contributed by atoms with E-state index in [0.717, 1.165) is 0 Å². The number of benzene rings is 6. The van der Waals surface area contributed by atoms with Crippen molar-refractivity contribution in [2.45, 2.75) is 0 Å². The quantitative estimate of drug-likeness (QED) is 0.264. The summed E-state index contributed by atoms with van der Waals surface area (Å²) < 4.78 is 0. The van der Waals surface area contributed by atoms with Crippen LogP contribution in [0.1, 0.15) is 0 Å². The molecule has 0 aliphatic heterocycles. The molecule has 0 N–H and O–H groups in total. The lowest BCUT2D eigenvalue weighted by atomic mass is 9.87. The minimum atomic E-state index is 1.25. The summed E-state index contributed by atoms with van der Waals surface area (Å²) in [6.45, 7) is 0. The summed E-state index contributed by atoms with van der Waals surface area (Å²) in [5, 5.41) is 7.74. The van der Waals surface area contributed by atoms with Crippen molar-refractivity contribution in [1.29, 1.82) is 0 Å². The van der Waals surface area contributed by atoms with E-state index < -0.39 is 0 Å². The molecule has 0 heterocycles. The predicted molar refractivity (Wildman–Crippen MR) is 130 cm³/mol. The molecule has 6 rings (SSSR count). The zero-order chi connectivity index (χ0) is 19.9. The molecule has 0 amide bonds. The summed E-state index contributed by atoms with van der Waals surface area (Å²) in [4.78, 5) is 0. The van der Waals surface area contributed by atoms with Crippen LogP contribution in [0.5, 0.6) is 0 Å². The second kappa shape index (κ2) is 6.86. The van der Waals surface area contributed by atoms with E-state index in [4.69, 9.17) is 0 Å². The average Bonchev–Trinajstić information content (AvgIpc) is 2.83. The summed E-state index contributed by atoms with van der Waals surface area (Å²) in [5.41, 5.74) is 5.11. The summed E-state index contributed by atoms with van der Waals surface area (Å²) in [6.07, 6.45) is 0. The second-order valence-electron chi connectivity index (χ2n) is 7.76. The van der Waals surface area contributed by atoms with Gasteiger partial charge >= 0.3 is 0 Å². The highest BCUT2D eigenvalue weighted by molar-refractivity contribution is 6.14. The van der Waals surface area contributed by atoms with E-state index in [0.29, 0.717) is 0 Å². The van der Waals surface area contributed by atoms with Gasteiger partial charge in [0.25, 0.3) is 0 Å². The molecular formula is C30H20. The molecule has 0 radical (unpaired) electrons. The van der Waals surface area contributed by atoms with Gasteiger partial charge in [-0.2, -0.15) is 0 Å². The van der Waals surface area contributed by atoms with Crippen LogP contribution in [0, 0.1) is 0 Å². The molecule has 6 aromatic rings. The predicted octanol–water partition coefficient (Wildman–Crippen LogP) is 8.48. The van der Waals surface area contributed by atoms with Gasteiger partial charge in [-0.25, -0.2) is 0 Å². The van der Waals surface area contributed by atoms with Gasteiger partial charge in [0, 0.05) is 0 Å². The van der Waals surface area contributed by atoms with E-state index in [2.05, 4.69) is 121 Å². The molecule has 0 fully saturated rings. The van der Waals surface area contributed by atoms with Crippen LogP contribution in [-0.4, -0.2) is 0 Å². The summed E-state index contributed by atoms with van der Waals surface area (Å²) in [7, 11) is 0. The van der Waals surface area contributed by atoms with Crippen molar-refractivity contribution >= 4 is 32.3 Å². The Bertz CT molecular complexity index is 1520. The average molecular weight is 380 g/mol. The Morgan fingerprint density at radius 1 is 0.300 bits per heavy atom. The molecule has 140 valence electrons. The van der Waals surface area contributed by atoms with Gasteiger partial charge in [-0.15, -0.1) is 0 Å².